The molecular weight excluding hydrogens is 370 g/mol. The molecule has 0 fully saturated rings. The number of aryl methyl sites for hydroxylation is 2. The summed E-state index contributed by atoms with van der Waals surface area (Å²) in [6.07, 6.45) is 1.65. The van der Waals surface area contributed by atoms with E-state index in [9.17, 15) is 5.26 Å². The molecule has 0 aliphatic carbocycles. The van der Waals surface area contributed by atoms with Crippen molar-refractivity contribution in [2.24, 2.45) is 0 Å². The highest BCUT2D eigenvalue weighted by atomic mass is 15.1. The van der Waals surface area contributed by atoms with Gasteiger partial charge >= 0.3 is 0 Å². The fourth-order valence-electron chi connectivity index (χ4n) is 3.13. The fraction of sp³-hybridized carbons (Fsp3) is 0.278. The van der Waals surface area contributed by atoms with E-state index in [-0.39, 0.29) is 23.8 Å². The Hall–Kier alpha value is -4.07. The van der Waals surface area contributed by atoms with E-state index in [2.05, 4.69) is 36.0 Å². The van der Waals surface area contributed by atoms with Crippen LogP contribution in [0.4, 0.5) is 23.8 Å². The average molecular weight is 391 g/mol. The number of anilines is 4. The first-order chi connectivity index (χ1) is 13.9. The van der Waals surface area contributed by atoms with Crippen LogP contribution in [0.5, 0.6) is 0 Å². The highest BCUT2D eigenvalue weighted by Gasteiger charge is 2.32. The van der Waals surface area contributed by atoms with Gasteiger partial charge in [-0.15, -0.1) is 0 Å². The number of hydrogen-bond donors (Lipinski definition) is 4. The molecule has 0 unspecified atom stereocenters. The van der Waals surface area contributed by atoms with E-state index in [1.54, 1.807) is 0 Å². The predicted molar refractivity (Wildman–Crippen MR) is 108 cm³/mol. The third-order valence-electron chi connectivity index (χ3n) is 4.52. The highest BCUT2D eigenvalue weighted by Crippen LogP contribution is 2.33. The largest absolute Gasteiger partial charge is 0.368 e. The Labute approximate surface area is 167 Å². The van der Waals surface area contributed by atoms with Crippen molar-refractivity contribution in [2.75, 3.05) is 22.9 Å². The second kappa shape index (κ2) is 8.30. The van der Waals surface area contributed by atoms with Crippen LogP contribution in [0, 0.1) is 11.3 Å². The molecule has 2 heterocycles. The van der Waals surface area contributed by atoms with Gasteiger partial charge in [0.25, 0.3) is 0 Å². The van der Waals surface area contributed by atoms with Crippen LogP contribution in [0.25, 0.3) is 0 Å². The molecule has 0 saturated heterocycles. The normalized spacial score (nSPS) is 11.1. The first-order valence-corrected chi connectivity index (χ1v) is 8.89. The van der Waals surface area contributed by atoms with Crippen molar-refractivity contribution in [1.82, 2.24) is 29.9 Å². The summed E-state index contributed by atoms with van der Waals surface area (Å²) in [4.78, 5) is 24.0. The molecule has 0 atom stereocenters. The molecule has 11 heteroatoms. The van der Waals surface area contributed by atoms with Crippen molar-refractivity contribution in [3.05, 3.63) is 47.5 Å². The van der Waals surface area contributed by atoms with E-state index < -0.39 is 5.41 Å². The molecule has 0 saturated carbocycles. The SMILES string of the molecule is N#CC(CCc1nc(N)nc(N)n1)(CCc1nc(N)nc(N)n1)c1ccccc1. The molecule has 29 heavy (non-hydrogen) atoms. The summed E-state index contributed by atoms with van der Waals surface area (Å²) in [5.74, 6) is 1.05. The molecule has 0 aliphatic heterocycles. The summed E-state index contributed by atoms with van der Waals surface area (Å²) in [6.45, 7) is 0. The summed E-state index contributed by atoms with van der Waals surface area (Å²) in [5.41, 5.74) is 22.6. The smallest absolute Gasteiger partial charge is 0.225 e. The minimum atomic E-state index is -0.840. The number of hydrogen-bond acceptors (Lipinski definition) is 11. The number of aromatic nitrogens is 6. The quantitative estimate of drug-likeness (QED) is 0.434. The maximum Gasteiger partial charge on any atom is 0.225 e. The molecule has 148 valence electrons. The fourth-order valence-corrected chi connectivity index (χ4v) is 3.13. The summed E-state index contributed by atoms with van der Waals surface area (Å²) < 4.78 is 0. The van der Waals surface area contributed by atoms with E-state index in [1.165, 1.54) is 0 Å². The van der Waals surface area contributed by atoms with Gasteiger partial charge in [0.05, 0.1) is 11.5 Å². The molecular formula is C18H21N11. The maximum atomic E-state index is 10.1. The zero-order valence-corrected chi connectivity index (χ0v) is 15.7. The molecule has 3 rings (SSSR count). The van der Waals surface area contributed by atoms with E-state index >= 15 is 0 Å². The third-order valence-corrected chi connectivity index (χ3v) is 4.52. The Morgan fingerprint density at radius 2 is 1.10 bits per heavy atom. The van der Waals surface area contributed by atoms with E-state index in [0.29, 0.717) is 37.3 Å². The first kappa shape index (κ1) is 19.7. The maximum absolute atomic E-state index is 10.1. The average Bonchev–Trinajstić information content (AvgIpc) is 2.68. The van der Waals surface area contributed by atoms with Crippen molar-refractivity contribution in [3.8, 4) is 6.07 Å². The number of nitrogen functional groups attached to an aromatic ring is 4. The van der Waals surface area contributed by atoms with E-state index in [1.807, 2.05) is 30.3 Å². The van der Waals surface area contributed by atoms with Crippen LogP contribution in [0.3, 0.4) is 0 Å². The van der Waals surface area contributed by atoms with Gasteiger partial charge in [-0.05, 0) is 18.4 Å². The zero-order valence-electron chi connectivity index (χ0n) is 15.7. The Balaban J connectivity index is 1.88. The molecule has 11 nitrogen and oxygen atoms in total. The second-order valence-electron chi connectivity index (χ2n) is 6.50. The number of nitriles is 1. The van der Waals surface area contributed by atoms with Crippen LogP contribution in [0.2, 0.25) is 0 Å². The van der Waals surface area contributed by atoms with Crippen molar-refractivity contribution < 1.29 is 0 Å². The van der Waals surface area contributed by atoms with Crippen molar-refractivity contribution in [1.29, 1.82) is 5.26 Å². The van der Waals surface area contributed by atoms with Gasteiger partial charge in [0.1, 0.15) is 11.6 Å². The van der Waals surface area contributed by atoms with Gasteiger partial charge in [-0.25, -0.2) is 0 Å². The lowest BCUT2D eigenvalue weighted by atomic mass is 9.74. The Kier molecular flexibility index (Phi) is 5.64. The summed E-state index contributed by atoms with van der Waals surface area (Å²) in [7, 11) is 0. The molecule has 0 amide bonds. The Morgan fingerprint density at radius 3 is 1.48 bits per heavy atom. The van der Waals surface area contributed by atoms with Crippen LogP contribution in [0.1, 0.15) is 30.1 Å². The number of rotatable bonds is 7. The molecule has 0 aliphatic rings. The van der Waals surface area contributed by atoms with Crippen molar-refractivity contribution in [3.63, 3.8) is 0 Å². The molecule has 0 bridgehead atoms. The van der Waals surface area contributed by atoms with Gasteiger partial charge in [0.15, 0.2) is 0 Å². The summed E-state index contributed by atoms with van der Waals surface area (Å²) >= 11 is 0. The predicted octanol–water partition coefficient (Wildman–Crippen LogP) is 0.412. The van der Waals surface area contributed by atoms with Gasteiger partial charge in [-0.3, -0.25) is 0 Å². The number of benzene rings is 1. The lowest BCUT2D eigenvalue weighted by molar-refractivity contribution is 0.454. The Morgan fingerprint density at radius 1 is 0.690 bits per heavy atom. The third kappa shape index (κ3) is 4.81. The molecule has 2 aromatic heterocycles. The van der Waals surface area contributed by atoms with E-state index in [0.717, 1.165) is 5.56 Å². The topological polar surface area (TPSA) is 205 Å². The first-order valence-electron chi connectivity index (χ1n) is 8.89. The van der Waals surface area contributed by atoms with Crippen LogP contribution in [-0.2, 0) is 18.3 Å². The molecule has 0 radical (unpaired) electrons. The molecule has 0 spiro atoms. The van der Waals surface area contributed by atoms with Crippen LogP contribution in [-0.4, -0.2) is 29.9 Å². The summed E-state index contributed by atoms with van der Waals surface area (Å²) in [5, 5.41) is 10.1. The summed E-state index contributed by atoms with van der Waals surface area (Å²) in [6, 6.07) is 12.0. The standard InChI is InChI=1S/C18H21N11/c19-10-18(11-4-2-1-3-5-11,8-6-12-24-14(20)28-15(21)25-12)9-7-13-26-16(22)29-17(23)27-13/h1-5H,6-9H2,(H4,20,21,24,25,28)(H4,22,23,26,27,29). The Bertz CT molecular complexity index is 934. The van der Waals surface area contributed by atoms with E-state index in [4.69, 9.17) is 22.9 Å². The highest BCUT2D eigenvalue weighted by molar-refractivity contribution is 5.34. The van der Waals surface area contributed by atoms with Crippen molar-refractivity contribution >= 4 is 23.8 Å². The van der Waals surface area contributed by atoms with Gasteiger partial charge in [0.2, 0.25) is 23.8 Å². The van der Waals surface area contributed by atoms with Gasteiger partial charge < -0.3 is 22.9 Å². The molecule has 1 aromatic carbocycles. The number of nitrogens with two attached hydrogens (primary N) is 4. The second-order valence-corrected chi connectivity index (χ2v) is 6.50. The monoisotopic (exact) mass is 391 g/mol. The van der Waals surface area contributed by atoms with Crippen LogP contribution >= 0.6 is 0 Å². The molecule has 8 N–H and O–H groups in total. The van der Waals surface area contributed by atoms with Crippen LogP contribution in [0.15, 0.2) is 30.3 Å². The van der Waals surface area contributed by atoms with Crippen molar-refractivity contribution in [2.45, 2.75) is 31.1 Å². The van der Waals surface area contributed by atoms with Gasteiger partial charge in [0, 0.05) is 12.8 Å². The zero-order chi connectivity index (χ0) is 20.9. The minimum Gasteiger partial charge on any atom is -0.368 e. The lowest BCUT2D eigenvalue weighted by Crippen LogP contribution is -2.27. The van der Waals surface area contributed by atoms with Gasteiger partial charge in [-0.1, -0.05) is 30.3 Å². The number of nitrogens with zero attached hydrogens (tertiary/aromatic N) is 7. The molecule has 3 aromatic rings. The van der Waals surface area contributed by atoms with Gasteiger partial charge in [-0.2, -0.15) is 35.2 Å². The minimum absolute atomic E-state index is 0.0471. The lowest BCUT2D eigenvalue weighted by Gasteiger charge is -2.27. The van der Waals surface area contributed by atoms with Crippen LogP contribution < -0.4 is 22.9 Å².